The Morgan fingerprint density at radius 2 is 1.82 bits per heavy atom. The van der Waals surface area contributed by atoms with Crippen LogP contribution in [0.25, 0.3) is 0 Å². The Bertz CT molecular complexity index is 1200. The van der Waals surface area contributed by atoms with Gasteiger partial charge in [-0.1, -0.05) is 31.0 Å². The molecule has 4 rings (SSSR count). The third kappa shape index (κ3) is 5.26. The van der Waals surface area contributed by atoms with E-state index in [4.69, 9.17) is 4.74 Å². The van der Waals surface area contributed by atoms with Crippen molar-refractivity contribution in [3.8, 4) is 5.75 Å². The third-order valence-electron chi connectivity index (χ3n) is 5.78. The van der Waals surface area contributed by atoms with E-state index in [0.717, 1.165) is 31.2 Å². The second-order valence-electron chi connectivity index (χ2n) is 8.00. The fraction of sp³-hybridized carbons (Fsp3) is 0.333. The lowest BCUT2D eigenvalue weighted by Gasteiger charge is -2.21. The summed E-state index contributed by atoms with van der Waals surface area (Å²) in [5.74, 6) is -0.125. The molecule has 0 spiro atoms. The van der Waals surface area contributed by atoms with Crippen LogP contribution in [0.1, 0.15) is 41.6 Å². The van der Waals surface area contributed by atoms with Crippen LogP contribution >= 0.6 is 0 Å². The summed E-state index contributed by atoms with van der Waals surface area (Å²) in [6, 6.07) is 13.7. The Morgan fingerprint density at radius 3 is 2.52 bits per heavy atom. The average molecular weight is 469 g/mol. The Morgan fingerprint density at radius 1 is 1.06 bits per heavy atom. The number of nitrogens with zero attached hydrogens (tertiary/aromatic N) is 3. The van der Waals surface area contributed by atoms with E-state index in [1.54, 1.807) is 16.9 Å². The average Bonchev–Trinajstić information content (AvgIpc) is 3.17. The number of ether oxygens (including phenoxy) is 1. The molecule has 0 bridgehead atoms. The molecule has 2 heterocycles. The highest BCUT2D eigenvalue weighted by atomic mass is 32.2. The number of hydrogen-bond acceptors (Lipinski definition) is 5. The Hall–Kier alpha value is -3.17. The maximum atomic E-state index is 13.2. The number of methoxy groups -OCH3 is 1. The van der Waals surface area contributed by atoms with E-state index in [-0.39, 0.29) is 10.5 Å². The normalized spacial score (nSPS) is 15.1. The smallest absolute Gasteiger partial charge is 0.259 e. The summed E-state index contributed by atoms with van der Waals surface area (Å²) in [6.45, 7) is 1.48. The molecule has 1 aliphatic heterocycles. The molecule has 2 aromatic carbocycles. The molecule has 0 unspecified atom stereocenters. The van der Waals surface area contributed by atoms with Crippen molar-refractivity contribution < 1.29 is 17.9 Å². The summed E-state index contributed by atoms with van der Waals surface area (Å²) in [7, 11) is -2.24. The van der Waals surface area contributed by atoms with Crippen LogP contribution in [0, 0.1) is 0 Å². The van der Waals surface area contributed by atoms with E-state index >= 15 is 0 Å². The van der Waals surface area contributed by atoms with Crippen molar-refractivity contribution in [2.75, 3.05) is 25.5 Å². The molecule has 1 amide bonds. The van der Waals surface area contributed by atoms with Gasteiger partial charge in [-0.25, -0.2) is 8.42 Å². The Balaban J connectivity index is 1.62. The zero-order chi connectivity index (χ0) is 23.3. The lowest BCUT2D eigenvalue weighted by atomic mass is 10.1. The molecule has 0 radical (unpaired) electrons. The minimum atomic E-state index is -3.70. The highest BCUT2D eigenvalue weighted by molar-refractivity contribution is 7.89. The van der Waals surface area contributed by atoms with Gasteiger partial charge in [0.2, 0.25) is 10.0 Å². The first-order valence-corrected chi connectivity index (χ1v) is 12.5. The lowest BCUT2D eigenvalue weighted by Crippen LogP contribution is -2.32. The standard InChI is InChI=1S/C24H28N4O4S/c1-32-23-12-11-20(33(30,31)28-15-6-2-3-7-16-28)17-21(23)24(29)26-22-10-5-4-9-19(22)18-27-14-8-13-25-27/h4-5,8-14,17H,2-3,6-7,15-16,18H2,1H3,(H,26,29). The first kappa shape index (κ1) is 23.0. The zero-order valence-electron chi connectivity index (χ0n) is 18.6. The van der Waals surface area contributed by atoms with Gasteiger partial charge < -0.3 is 10.1 Å². The van der Waals surface area contributed by atoms with Crippen molar-refractivity contribution in [2.24, 2.45) is 0 Å². The first-order valence-electron chi connectivity index (χ1n) is 11.0. The minimum Gasteiger partial charge on any atom is -0.496 e. The molecule has 1 aromatic heterocycles. The fourth-order valence-electron chi connectivity index (χ4n) is 3.99. The van der Waals surface area contributed by atoms with Crippen molar-refractivity contribution in [1.82, 2.24) is 14.1 Å². The summed E-state index contributed by atoms with van der Waals surface area (Å²) in [5.41, 5.74) is 1.67. The van der Waals surface area contributed by atoms with Gasteiger partial charge in [0.05, 0.1) is 24.1 Å². The molecular weight excluding hydrogens is 440 g/mol. The van der Waals surface area contributed by atoms with Gasteiger partial charge in [0.1, 0.15) is 5.75 Å². The molecule has 0 atom stereocenters. The second-order valence-corrected chi connectivity index (χ2v) is 9.93. The van der Waals surface area contributed by atoms with Crippen molar-refractivity contribution in [1.29, 1.82) is 0 Å². The van der Waals surface area contributed by atoms with E-state index in [9.17, 15) is 13.2 Å². The Labute approximate surface area is 194 Å². The SMILES string of the molecule is COc1ccc(S(=O)(=O)N2CCCCCC2)cc1C(=O)Nc1ccccc1Cn1cccn1. The topological polar surface area (TPSA) is 93.5 Å². The van der Waals surface area contributed by atoms with Crippen molar-refractivity contribution >= 4 is 21.6 Å². The van der Waals surface area contributed by atoms with Gasteiger partial charge in [0, 0.05) is 31.2 Å². The number of aromatic nitrogens is 2. The number of benzene rings is 2. The van der Waals surface area contributed by atoms with Crippen LogP contribution in [0.5, 0.6) is 5.75 Å². The first-order chi connectivity index (χ1) is 16.0. The van der Waals surface area contributed by atoms with E-state index < -0.39 is 15.9 Å². The summed E-state index contributed by atoms with van der Waals surface area (Å²) in [5, 5.41) is 7.13. The number of carbonyl (C=O) groups excluding carboxylic acids is 1. The summed E-state index contributed by atoms with van der Waals surface area (Å²) in [6.07, 6.45) is 7.28. The van der Waals surface area contributed by atoms with Gasteiger partial charge in [0.15, 0.2) is 0 Å². The highest BCUT2D eigenvalue weighted by Gasteiger charge is 2.27. The van der Waals surface area contributed by atoms with Crippen LogP contribution < -0.4 is 10.1 Å². The molecule has 1 saturated heterocycles. The molecule has 1 N–H and O–H groups in total. The van der Waals surface area contributed by atoms with Crippen LogP contribution in [-0.4, -0.2) is 48.6 Å². The number of sulfonamides is 1. The maximum absolute atomic E-state index is 13.2. The van der Waals surface area contributed by atoms with Crippen LogP contribution in [-0.2, 0) is 16.6 Å². The number of rotatable bonds is 7. The molecule has 0 aliphatic carbocycles. The van der Waals surface area contributed by atoms with Crippen LogP contribution in [0.15, 0.2) is 65.8 Å². The zero-order valence-corrected chi connectivity index (χ0v) is 19.4. The quantitative estimate of drug-likeness (QED) is 0.570. The van der Waals surface area contributed by atoms with E-state index in [1.165, 1.54) is 29.6 Å². The monoisotopic (exact) mass is 468 g/mol. The number of hydrogen-bond donors (Lipinski definition) is 1. The predicted octanol–water partition coefficient (Wildman–Crippen LogP) is 3.76. The van der Waals surface area contributed by atoms with Crippen molar-refractivity contribution in [3.63, 3.8) is 0 Å². The van der Waals surface area contributed by atoms with Gasteiger partial charge >= 0.3 is 0 Å². The molecule has 1 fully saturated rings. The summed E-state index contributed by atoms with van der Waals surface area (Å²) in [4.78, 5) is 13.3. The van der Waals surface area contributed by atoms with Crippen LogP contribution in [0.2, 0.25) is 0 Å². The van der Waals surface area contributed by atoms with Crippen LogP contribution in [0.4, 0.5) is 5.69 Å². The molecular formula is C24H28N4O4S. The number of amides is 1. The summed E-state index contributed by atoms with van der Waals surface area (Å²) < 4.78 is 35.1. The van der Waals surface area contributed by atoms with Gasteiger partial charge in [-0.3, -0.25) is 9.48 Å². The summed E-state index contributed by atoms with van der Waals surface area (Å²) >= 11 is 0. The molecule has 0 saturated carbocycles. The highest BCUT2D eigenvalue weighted by Crippen LogP contribution is 2.27. The largest absolute Gasteiger partial charge is 0.496 e. The van der Waals surface area contributed by atoms with Crippen LogP contribution in [0.3, 0.4) is 0 Å². The van der Waals surface area contributed by atoms with Gasteiger partial charge in [-0.2, -0.15) is 9.40 Å². The van der Waals surface area contributed by atoms with Gasteiger partial charge in [-0.15, -0.1) is 0 Å². The van der Waals surface area contributed by atoms with E-state index in [2.05, 4.69) is 10.4 Å². The minimum absolute atomic E-state index is 0.0974. The molecule has 8 nitrogen and oxygen atoms in total. The fourth-order valence-corrected chi connectivity index (χ4v) is 5.54. The number of para-hydroxylation sites is 1. The van der Waals surface area contributed by atoms with E-state index in [1.807, 2.05) is 30.5 Å². The molecule has 3 aromatic rings. The lowest BCUT2D eigenvalue weighted by molar-refractivity contribution is 0.102. The van der Waals surface area contributed by atoms with Gasteiger partial charge in [0.25, 0.3) is 5.91 Å². The molecule has 9 heteroatoms. The number of anilines is 1. The molecule has 33 heavy (non-hydrogen) atoms. The van der Waals surface area contributed by atoms with Crippen molar-refractivity contribution in [3.05, 3.63) is 72.1 Å². The predicted molar refractivity (Wildman–Crippen MR) is 126 cm³/mol. The maximum Gasteiger partial charge on any atom is 0.259 e. The molecule has 1 aliphatic rings. The number of nitrogens with one attached hydrogen (secondary N) is 1. The molecule has 174 valence electrons. The Kier molecular flexibility index (Phi) is 7.10. The van der Waals surface area contributed by atoms with Crippen molar-refractivity contribution in [2.45, 2.75) is 37.1 Å². The third-order valence-corrected chi connectivity index (χ3v) is 7.67. The van der Waals surface area contributed by atoms with E-state index in [0.29, 0.717) is 31.1 Å². The van der Waals surface area contributed by atoms with Gasteiger partial charge in [-0.05, 0) is 48.7 Å². The second kappa shape index (κ2) is 10.2. The number of carbonyl (C=O) groups is 1.